The lowest BCUT2D eigenvalue weighted by atomic mass is 9.93. The molecule has 1 aliphatic heterocycles. The molecular weight excluding hydrogens is 393 g/mol. The number of hydrogen-bond donors (Lipinski definition) is 2. The molecule has 1 unspecified atom stereocenters. The lowest BCUT2D eigenvalue weighted by molar-refractivity contribution is -0.155. The summed E-state index contributed by atoms with van der Waals surface area (Å²) >= 11 is 5.83. The highest BCUT2D eigenvalue weighted by molar-refractivity contribution is 6.33. The zero-order valence-corrected chi connectivity index (χ0v) is 16.4. The predicted octanol–water partition coefficient (Wildman–Crippen LogP) is 2.46. The van der Waals surface area contributed by atoms with Crippen molar-refractivity contribution in [1.29, 1.82) is 0 Å². The van der Waals surface area contributed by atoms with Crippen LogP contribution in [0.25, 0.3) is 0 Å². The zero-order valence-electron chi connectivity index (χ0n) is 15.7. The van der Waals surface area contributed by atoms with Crippen LogP contribution in [0.2, 0.25) is 5.02 Å². The molecule has 1 saturated heterocycles. The number of nitrogens with one attached hydrogen (secondary N) is 2. The molecule has 0 bridgehead atoms. The number of halogens is 2. The van der Waals surface area contributed by atoms with Gasteiger partial charge in [-0.1, -0.05) is 25.4 Å². The lowest BCUT2D eigenvalue weighted by Gasteiger charge is -2.23. The van der Waals surface area contributed by atoms with Crippen molar-refractivity contribution in [2.24, 2.45) is 0 Å². The number of carbonyl (C=O) groups excluding carboxylic acids is 4. The van der Waals surface area contributed by atoms with Crippen LogP contribution >= 0.6 is 11.6 Å². The molecule has 1 heterocycles. The highest BCUT2D eigenvalue weighted by Gasteiger charge is 2.49. The fourth-order valence-electron chi connectivity index (χ4n) is 2.79. The molecule has 1 aromatic carbocycles. The highest BCUT2D eigenvalue weighted by atomic mass is 35.5. The van der Waals surface area contributed by atoms with E-state index in [0.29, 0.717) is 12.8 Å². The second-order valence-corrected chi connectivity index (χ2v) is 6.76. The number of rotatable bonds is 7. The summed E-state index contributed by atoms with van der Waals surface area (Å²) in [7, 11) is 0. The predicted molar refractivity (Wildman–Crippen MR) is 99.2 cm³/mol. The highest BCUT2D eigenvalue weighted by Crippen LogP contribution is 2.25. The maximum atomic E-state index is 13.0. The van der Waals surface area contributed by atoms with Crippen LogP contribution in [0.15, 0.2) is 18.2 Å². The molecule has 0 aromatic heterocycles. The van der Waals surface area contributed by atoms with E-state index in [1.54, 1.807) is 13.8 Å². The first-order chi connectivity index (χ1) is 13.1. The van der Waals surface area contributed by atoms with Crippen LogP contribution in [0, 0.1) is 5.82 Å². The summed E-state index contributed by atoms with van der Waals surface area (Å²) in [6.07, 6.45) is -0.454. The number of anilines is 1. The average Bonchev–Trinajstić information content (AvgIpc) is 2.88. The Balaban J connectivity index is 1.96. The van der Waals surface area contributed by atoms with Crippen LogP contribution < -0.4 is 10.6 Å². The average molecular weight is 414 g/mol. The minimum absolute atomic E-state index is 0.0123. The van der Waals surface area contributed by atoms with Gasteiger partial charge < -0.3 is 15.4 Å². The molecule has 8 nitrogen and oxygen atoms in total. The molecule has 1 aliphatic rings. The third-order valence-corrected chi connectivity index (χ3v) is 4.92. The van der Waals surface area contributed by atoms with Crippen molar-refractivity contribution < 1.29 is 28.3 Å². The van der Waals surface area contributed by atoms with Gasteiger partial charge in [0.05, 0.1) is 10.7 Å². The number of carbonyl (C=O) groups is 4. The summed E-state index contributed by atoms with van der Waals surface area (Å²) in [5.41, 5.74) is -0.875. The number of esters is 1. The standard InChI is InChI=1S/C18H21ClFN3O5/c1-4-18(5-2)16(26)23(17(27)22-18)9-14(24)28-10(3)15(25)21-13-7-6-11(20)8-12(13)19/h6-8,10H,4-5,9H2,1-3H3,(H,21,25)(H,22,27). The molecule has 28 heavy (non-hydrogen) atoms. The quantitative estimate of drug-likeness (QED) is 0.527. The number of hydrogen-bond acceptors (Lipinski definition) is 5. The second-order valence-electron chi connectivity index (χ2n) is 6.36. The van der Waals surface area contributed by atoms with E-state index in [1.807, 2.05) is 0 Å². The first-order valence-corrected chi connectivity index (χ1v) is 9.10. The summed E-state index contributed by atoms with van der Waals surface area (Å²) in [5.74, 6) is -2.68. The molecule has 0 aliphatic carbocycles. The molecule has 0 radical (unpaired) electrons. The molecule has 152 valence electrons. The van der Waals surface area contributed by atoms with Crippen LogP contribution in [-0.2, 0) is 19.1 Å². The summed E-state index contributed by atoms with van der Waals surface area (Å²) in [6.45, 7) is 4.23. The van der Waals surface area contributed by atoms with Gasteiger partial charge in [-0.2, -0.15) is 0 Å². The van der Waals surface area contributed by atoms with Crippen LogP contribution in [0.4, 0.5) is 14.9 Å². The number of urea groups is 1. The van der Waals surface area contributed by atoms with Crippen molar-refractivity contribution >= 4 is 41.1 Å². The van der Waals surface area contributed by atoms with Gasteiger partial charge in [-0.3, -0.25) is 19.3 Å². The monoisotopic (exact) mass is 413 g/mol. The van der Waals surface area contributed by atoms with E-state index in [0.717, 1.165) is 17.0 Å². The van der Waals surface area contributed by atoms with Crippen molar-refractivity contribution in [1.82, 2.24) is 10.2 Å². The number of benzene rings is 1. The Morgan fingerprint density at radius 2 is 1.96 bits per heavy atom. The molecule has 1 aromatic rings. The van der Waals surface area contributed by atoms with Crippen LogP contribution in [0.3, 0.4) is 0 Å². The third kappa shape index (κ3) is 4.41. The maximum absolute atomic E-state index is 13.0. The maximum Gasteiger partial charge on any atom is 0.327 e. The van der Waals surface area contributed by atoms with Gasteiger partial charge in [0.1, 0.15) is 17.9 Å². The van der Waals surface area contributed by atoms with Crippen molar-refractivity contribution in [3.8, 4) is 0 Å². The summed E-state index contributed by atoms with van der Waals surface area (Å²) in [6, 6.07) is 2.73. The van der Waals surface area contributed by atoms with E-state index < -0.39 is 47.8 Å². The van der Waals surface area contributed by atoms with Gasteiger partial charge in [-0.15, -0.1) is 0 Å². The van der Waals surface area contributed by atoms with Gasteiger partial charge >= 0.3 is 12.0 Å². The first kappa shape index (κ1) is 21.6. The molecule has 2 rings (SSSR count). The molecule has 0 saturated carbocycles. The number of ether oxygens (including phenoxy) is 1. The Morgan fingerprint density at radius 3 is 2.50 bits per heavy atom. The van der Waals surface area contributed by atoms with E-state index in [-0.39, 0.29) is 10.7 Å². The fraction of sp³-hybridized carbons (Fsp3) is 0.444. The van der Waals surface area contributed by atoms with Gasteiger partial charge in [-0.05, 0) is 38.0 Å². The SMILES string of the molecule is CCC1(CC)NC(=O)N(CC(=O)OC(C)C(=O)Nc2ccc(F)cc2Cl)C1=O. The summed E-state index contributed by atoms with van der Waals surface area (Å²) < 4.78 is 18.0. The molecule has 10 heteroatoms. The van der Waals surface area contributed by atoms with Crippen LogP contribution in [0.5, 0.6) is 0 Å². The zero-order chi connectivity index (χ0) is 21.1. The van der Waals surface area contributed by atoms with E-state index in [4.69, 9.17) is 16.3 Å². The molecule has 4 amide bonds. The van der Waals surface area contributed by atoms with Gasteiger partial charge in [-0.25, -0.2) is 9.18 Å². The van der Waals surface area contributed by atoms with Gasteiger partial charge in [0.2, 0.25) is 0 Å². The van der Waals surface area contributed by atoms with Crippen LogP contribution in [-0.4, -0.2) is 46.9 Å². The topological polar surface area (TPSA) is 105 Å². The molecule has 0 spiro atoms. The van der Waals surface area contributed by atoms with Crippen LogP contribution in [0.1, 0.15) is 33.6 Å². The Kier molecular flexibility index (Phi) is 6.60. The Labute approximate surface area is 166 Å². The first-order valence-electron chi connectivity index (χ1n) is 8.73. The Hall–Kier alpha value is -2.68. The minimum atomic E-state index is -1.23. The van der Waals surface area contributed by atoms with Crippen molar-refractivity contribution in [3.05, 3.63) is 29.0 Å². The fourth-order valence-corrected chi connectivity index (χ4v) is 3.01. The minimum Gasteiger partial charge on any atom is -0.451 e. The van der Waals surface area contributed by atoms with E-state index >= 15 is 0 Å². The summed E-state index contributed by atoms with van der Waals surface area (Å²) in [4.78, 5) is 49.5. The lowest BCUT2D eigenvalue weighted by Crippen LogP contribution is -2.46. The molecular formula is C18H21ClFN3O5. The van der Waals surface area contributed by atoms with E-state index in [9.17, 15) is 23.6 Å². The normalized spacial score (nSPS) is 16.5. The van der Waals surface area contributed by atoms with Gasteiger partial charge in [0.15, 0.2) is 6.10 Å². The number of imide groups is 1. The van der Waals surface area contributed by atoms with E-state index in [2.05, 4.69) is 10.6 Å². The molecule has 1 fully saturated rings. The summed E-state index contributed by atoms with van der Waals surface area (Å²) in [5, 5.41) is 4.99. The third-order valence-electron chi connectivity index (χ3n) is 4.61. The second kappa shape index (κ2) is 8.55. The van der Waals surface area contributed by atoms with Crippen molar-refractivity contribution in [2.75, 3.05) is 11.9 Å². The van der Waals surface area contributed by atoms with Crippen molar-refractivity contribution in [3.63, 3.8) is 0 Å². The van der Waals surface area contributed by atoms with Gasteiger partial charge in [0, 0.05) is 0 Å². The molecule has 2 N–H and O–H groups in total. The largest absolute Gasteiger partial charge is 0.451 e. The van der Waals surface area contributed by atoms with Gasteiger partial charge in [0.25, 0.3) is 11.8 Å². The number of amides is 4. The van der Waals surface area contributed by atoms with E-state index in [1.165, 1.54) is 13.0 Å². The Bertz CT molecular complexity index is 812. The Morgan fingerprint density at radius 1 is 1.32 bits per heavy atom. The molecule has 1 atom stereocenters. The van der Waals surface area contributed by atoms with Crippen molar-refractivity contribution in [2.45, 2.75) is 45.3 Å². The smallest absolute Gasteiger partial charge is 0.327 e. The number of nitrogens with zero attached hydrogens (tertiary/aromatic N) is 1.